The smallest absolute Gasteiger partial charge is 0.153 e. The first-order chi connectivity index (χ1) is 8.89. The number of benzene rings is 1. The van der Waals surface area contributed by atoms with Gasteiger partial charge >= 0.3 is 0 Å². The molecule has 0 amide bonds. The molecule has 0 spiro atoms. The highest BCUT2D eigenvalue weighted by molar-refractivity contribution is 7.91. The SMILES string of the molecule is CC1CS(=O)(=O)CCN1Cc1ccccc1N(C)C. The standard InChI is InChI=1S/C14H22N2O2S/c1-12-11-19(17,18)9-8-16(12)10-13-6-4-5-7-14(13)15(2)3/h4-7,12H,8-11H2,1-3H3. The van der Waals surface area contributed by atoms with Crippen LogP contribution in [0.15, 0.2) is 24.3 Å². The lowest BCUT2D eigenvalue weighted by molar-refractivity contribution is 0.218. The summed E-state index contributed by atoms with van der Waals surface area (Å²) >= 11 is 0. The molecular weight excluding hydrogens is 260 g/mol. The van der Waals surface area contributed by atoms with Crippen molar-refractivity contribution in [3.05, 3.63) is 29.8 Å². The molecule has 0 aromatic heterocycles. The molecule has 0 bridgehead atoms. The first-order valence-corrected chi connectivity index (χ1v) is 8.41. The highest BCUT2D eigenvalue weighted by Crippen LogP contribution is 2.22. The van der Waals surface area contributed by atoms with E-state index in [4.69, 9.17) is 0 Å². The second-order valence-corrected chi connectivity index (χ2v) is 7.69. The van der Waals surface area contributed by atoms with Gasteiger partial charge in [0.1, 0.15) is 0 Å². The maximum atomic E-state index is 11.6. The van der Waals surface area contributed by atoms with E-state index in [-0.39, 0.29) is 17.5 Å². The summed E-state index contributed by atoms with van der Waals surface area (Å²) in [6.45, 7) is 3.44. The summed E-state index contributed by atoms with van der Waals surface area (Å²) < 4.78 is 23.2. The number of sulfone groups is 1. The van der Waals surface area contributed by atoms with Crippen molar-refractivity contribution in [3.8, 4) is 0 Å². The molecule has 4 nitrogen and oxygen atoms in total. The maximum absolute atomic E-state index is 11.6. The average Bonchev–Trinajstić information content (AvgIpc) is 2.32. The largest absolute Gasteiger partial charge is 0.377 e. The lowest BCUT2D eigenvalue weighted by Crippen LogP contribution is -2.46. The van der Waals surface area contributed by atoms with Gasteiger partial charge in [-0.1, -0.05) is 18.2 Å². The van der Waals surface area contributed by atoms with Gasteiger partial charge in [-0.3, -0.25) is 4.90 Å². The molecule has 0 N–H and O–H groups in total. The predicted molar refractivity (Wildman–Crippen MR) is 79.3 cm³/mol. The van der Waals surface area contributed by atoms with Gasteiger partial charge in [-0.2, -0.15) is 0 Å². The molecule has 0 aliphatic carbocycles. The van der Waals surface area contributed by atoms with Gasteiger partial charge in [0.05, 0.1) is 11.5 Å². The molecule has 0 saturated carbocycles. The van der Waals surface area contributed by atoms with Gasteiger partial charge in [-0.15, -0.1) is 0 Å². The number of nitrogens with zero attached hydrogens (tertiary/aromatic N) is 2. The molecule has 1 atom stereocenters. The summed E-state index contributed by atoms with van der Waals surface area (Å²) in [5, 5.41) is 0. The summed E-state index contributed by atoms with van der Waals surface area (Å²) in [6, 6.07) is 8.37. The van der Waals surface area contributed by atoms with Crippen LogP contribution in [0, 0.1) is 0 Å². The summed E-state index contributed by atoms with van der Waals surface area (Å²) in [4.78, 5) is 4.35. The van der Waals surface area contributed by atoms with Crippen LogP contribution in [-0.4, -0.2) is 51.5 Å². The van der Waals surface area contributed by atoms with Crippen molar-refractivity contribution in [2.45, 2.75) is 19.5 Å². The van der Waals surface area contributed by atoms with E-state index < -0.39 is 9.84 Å². The lowest BCUT2D eigenvalue weighted by atomic mass is 10.1. The zero-order valence-corrected chi connectivity index (χ0v) is 12.7. The Bertz CT molecular complexity index is 540. The molecule has 1 aromatic rings. The van der Waals surface area contributed by atoms with Crippen molar-refractivity contribution >= 4 is 15.5 Å². The van der Waals surface area contributed by atoms with Crippen LogP contribution < -0.4 is 4.90 Å². The minimum absolute atomic E-state index is 0.0916. The van der Waals surface area contributed by atoms with E-state index in [1.54, 1.807) is 0 Å². The molecule has 19 heavy (non-hydrogen) atoms. The Kier molecular flexibility index (Phi) is 4.16. The first-order valence-electron chi connectivity index (χ1n) is 6.59. The Morgan fingerprint density at radius 3 is 2.63 bits per heavy atom. The summed E-state index contributed by atoms with van der Waals surface area (Å²) in [6.07, 6.45) is 0. The summed E-state index contributed by atoms with van der Waals surface area (Å²) in [7, 11) is 1.23. The van der Waals surface area contributed by atoms with Crippen molar-refractivity contribution in [1.29, 1.82) is 0 Å². The zero-order chi connectivity index (χ0) is 14.0. The van der Waals surface area contributed by atoms with E-state index in [1.165, 1.54) is 11.3 Å². The minimum atomic E-state index is -2.84. The highest BCUT2D eigenvalue weighted by Gasteiger charge is 2.28. The third-order valence-electron chi connectivity index (χ3n) is 3.65. The molecular formula is C14H22N2O2S. The van der Waals surface area contributed by atoms with E-state index in [1.807, 2.05) is 33.2 Å². The fourth-order valence-electron chi connectivity index (χ4n) is 2.57. The van der Waals surface area contributed by atoms with E-state index >= 15 is 0 Å². The van der Waals surface area contributed by atoms with Crippen LogP contribution in [0.1, 0.15) is 12.5 Å². The van der Waals surface area contributed by atoms with Gasteiger partial charge in [-0.05, 0) is 18.6 Å². The van der Waals surface area contributed by atoms with Crippen molar-refractivity contribution in [2.75, 3.05) is 37.0 Å². The third kappa shape index (κ3) is 3.48. The van der Waals surface area contributed by atoms with Gasteiger partial charge in [-0.25, -0.2) is 8.42 Å². The van der Waals surface area contributed by atoms with Crippen LogP contribution in [0.3, 0.4) is 0 Å². The first kappa shape index (κ1) is 14.3. The van der Waals surface area contributed by atoms with Gasteiger partial charge in [0.25, 0.3) is 0 Å². The van der Waals surface area contributed by atoms with Crippen LogP contribution in [0.25, 0.3) is 0 Å². The molecule has 1 aliphatic heterocycles. The fraction of sp³-hybridized carbons (Fsp3) is 0.571. The number of anilines is 1. The number of para-hydroxylation sites is 1. The topological polar surface area (TPSA) is 40.6 Å². The Morgan fingerprint density at radius 2 is 2.00 bits per heavy atom. The Balaban J connectivity index is 2.14. The monoisotopic (exact) mass is 282 g/mol. The van der Waals surface area contributed by atoms with Crippen molar-refractivity contribution in [2.24, 2.45) is 0 Å². The Labute approximate surface area is 115 Å². The van der Waals surface area contributed by atoms with Gasteiger partial charge in [0.2, 0.25) is 0 Å². The number of hydrogen-bond acceptors (Lipinski definition) is 4. The maximum Gasteiger partial charge on any atom is 0.153 e. The zero-order valence-electron chi connectivity index (χ0n) is 11.8. The molecule has 5 heteroatoms. The van der Waals surface area contributed by atoms with Crippen LogP contribution >= 0.6 is 0 Å². The van der Waals surface area contributed by atoms with Crippen molar-refractivity contribution < 1.29 is 8.42 Å². The predicted octanol–water partition coefficient (Wildman–Crippen LogP) is 1.37. The molecule has 106 valence electrons. The Morgan fingerprint density at radius 1 is 1.32 bits per heavy atom. The second kappa shape index (κ2) is 5.51. The average molecular weight is 282 g/mol. The molecule has 2 rings (SSSR count). The molecule has 1 aliphatic rings. The molecule has 1 heterocycles. The van der Waals surface area contributed by atoms with Crippen LogP contribution in [0.5, 0.6) is 0 Å². The van der Waals surface area contributed by atoms with Crippen molar-refractivity contribution in [1.82, 2.24) is 4.90 Å². The number of hydrogen-bond donors (Lipinski definition) is 0. The van der Waals surface area contributed by atoms with E-state index in [0.717, 1.165) is 6.54 Å². The summed E-state index contributed by atoms with van der Waals surface area (Å²) in [5.74, 6) is 0.554. The van der Waals surface area contributed by atoms with Gasteiger partial charge < -0.3 is 4.90 Å². The van der Waals surface area contributed by atoms with Gasteiger partial charge in [0.15, 0.2) is 9.84 Å². The molecule has 1 fully saturated rings. The third-order valence-corrected chi connectivity index (χ3v) is 5.45. The van der Waals surface area contributed by atoms with Crippen LogP contribution in [-0.2, 0) is 16.4 Å². The molecule has 1 aromatic carbocycles. The molecule has 1 saturated heterocycles. The molecule has 0 radical (unpaired) electrons. The van der Waals surface area contributed by atoms with Crippen LogP contribution in [0.4, 0.5) is 5.69 Å². The molecule has 1 unspecified atom stereocenters. The Hall–Kier alpha value is -1.07. The van der Waals surface area contributed by atoms with Crippen LogP contribution in [0.2, 0.25) is 0 Å². The second-order valence-electron chi connectivity index (χ2n) is 5.46. The number of rotatable bonds is 3. The fourth-order valence-corrected chi connectivity index (χ4v) is 4.19. The quantitative estimate of drug-likeness (QED) is 0.839. The van der Waals surface area contributed by atoms with E-state index in [2.05, 4.69) is 21.9 Å². The summed E-state index contributed by atoms with van der Waals surface area (Å²) in [5.41, 5.74) is 2.45. The van der Waals surface area contributed by atoms with Gasteiger partial charge in [0, 0.05) is 38.9 Å². The van der Waals surface area contributed by atoms with E-state index in [9.17, 15) is 8.42 Å². The lowest BCUT2D eigenvalue weighted by Gasteiger charge is -2.34. The van der Waals surface area contributed by atoms with Crippen molar-refractivity contribution in [3.63, 3.8) is 0 Å². The normalized spacial score (nSPS) is 23.2. The highest BCUT2D eigenvalue weighted by atomic mass is 32.2. The van der Waals surface area contributed by atoms with E-state index in [0.29, 0.717) is 6.54 Å². The minimum Gasteiger partial charge on any atom is -0.377 e.